The summed E-state index contributed by atoms with van der Waals surface area (Å²) in [5.74, 6) is 0. The van der Waals surface area contributed by atoms with E-state index in [2.05, 4.69) is 4.98 Å². The van der Waals surface area contributed by atoms with Gasteiger partial charge in [-0.1, -0.05) is 36.4 Å². The number of carbonyl (C=O) groups is 1. The molecule has 0 spiro atoms. The van der Waals surface area contributed by atoms with Crippen LogP contribution in [0.4, 0.5) is 5.69 Å². The molecule has 0 atom stereocenters. The fourth-order valence-corrected chi connectivity index (χ4v) is 2.90. The number of rotatable bonds is 3. The Morgan fingerprint density at radius 1 is 1.10 bits per heavy atom. The maximum atomic E-state index is 11.1. The van der Waals surface area contributed by atoms with Crippen LogP contribution in [0.1, 0.15) is 10.4 Å². The van der Waals surface area contributed by atoms with Crippen molar-refractivity contribution in [3.8, 4) is 21.6 Å². The quantitative estimate of drug-likeness (QED) is 0.585. The third-order valence-electron chi connectivity index (χ3n) is 3.17. The van der Waals surface area contributed by atoms with Crippen molar-refractivity contribution in [1.82, 2.24) is 4.98 Å². The number of thiazole rings is 1. The molecule has 3 nitrogen and oxygen atoms in total. The lowest BCUT2D eigenvalue weighted by Gasteiger charge is -2.12. The Morgan fingerprint density at radius 2 is 1.90 bits per heavy atom. The van der Waals surface area contributed by atoms with E-state index in [1.807, 2.05) is 36.4 Å². The second-order valence-corrected chi connectivity index (χ2v) is 5.23. The predicted molar refractivity (Wildman–Crippen MR) is 82.8 cm³/mol. The molecule has 1 aromatic heterocycles. The molecule has 4 heteroatoms. The van der Waals surface area contributed by atoms with E-state index in [1.54, 1.807) is 17.8 Å². The van der Waals surface area contributed by atoms with Crippen LogP contribution in [0, 0.1) is 0 Å². The summed E-state index contributed by atoms with van der Waals surface area (Å²) in [6.07, 6.45) is 2.56. The standard InChI is InChI=1S/C16H12N2OS/c17-16-12(9-19)6-7-13(11-4-2-1-3-5-11)15(16)14-8-18-10-20-14/h1-10H,17H2. The number of carbonyl (C=O) groups excluding carboxylic acids is 1. The van der Waals surface area contributed by atoms with Crippen LogP contribution < -0.4 is 5.73 Å². The fourth-order valence-electron chi connectivity index (χ4n) is 2.20. The van der Waals surface area contributed by atoms with Crippen molar-refractivity contribution in [2.75, 3.05) is 5.73 Å². The van der Waals surface area contributed by atoms with Gasteiger partial charge < -0.3 is 5.73 Å². The number of nitrogens with two attached hydrogens (primary N) is 1. The highest BCUT2D eigenvalue weighted by molar-refractivity contribution is 7.13. The first-order chi connectivity index (χ1) is 9.81. The maximum Gasteiger partial charge on any atom is 0.152 e. The van der Waals surface area contributed by atoms with Crippen LogP contribution in [0.2, 0.25) is 0 Å². The summed E-state index contributed by atoms with van der Waals surface area (Å²) in [5.41, 5.74) is 11.9. The van der Waals surface area contributed by atoms with Crippen LogP contribution in [-0.4, -0.2) is 11.3 Å². The molecule has 0 aliphatic heterocycles. The molecule has 0 amide bonds. The van der Waals surface area contributed by atoms with E-state index in [4.69, 9.17) is 5.73 Å². The number of nitrogens with zero attached hydrogens (tertiary/aromatic N) is 1. The second-order valence-electron chi connectivity index (χ2n) is 4.34. The van der Waals surface area contributed by atoms with Gasteiger partial charge in [0.15, 0.2) is 6.29 Å². The molecule has 0 unspecified atom stereocenters. The predicted octanol–water partition coefficient (Wildman–Crippen LogP) is 3.87. The molecule has 3 rings (SSSR count). The monoisotopic (exact) mass is 280 g/mol. The van der Waals surface area contributed by atoms with Crippen molar-refractivity contribution in [3.05, 3.63) is 59.7 Å². The summed E-state index contributed by atoms with van der Waals surface area (Å²) in [7, 11) is 0. The number of hydrogen-bond donors (Lipinski definition) is 1. The summed E-state index contributed by atoms with van der Waals surface area (Å²) in [4.78, 5) is 16.2. The molecule has 0 aliphatic carbocycles. The minimum Gasteiger partial charge on any atom is -0.398 e. The van der Waals surface area contributed by atoms with Gasteiger partial charge >= 0.3 is 0 Å². The van der Waals surface area contributed by atoms with Crippen LogP contribution in [-0.2, 0) is 0 Å². The van der Waals surface area contributed by atoms with Crippen molar-refractivity contribution in [1.29, 1.82) is 0 Å². The van der Waals surface area contributed by atoms with Crippen molar-refractivity contribution < 1.29 is 4.79 Å². The molecule has 0 aliphatic rings. The topological polar surface area (TPSA) is 56.0 Å². The third-order valence-corrected chi connectivity index (χ3v) is 3.96. The Balaban J connectivity index is 2.30. The molecule has 2 aromatic carbocycles. The first kappa shape index (κ1) is 12.6. The fraction of sp³-hybridized carbons (Fsp3) is 0. The van der Waals surface area contributed by atoms with Crippen LogP contribution in [0.5, 0.6) is 0 Å². The smallest absolute Gasteiger partial charge is 0.152 e. The lowest BCUT2D eigenvalue weighted by atomic mass is 9.95. The number of aromatic nitrogens is 1. The molecule has 20 heavy (non-hydrogen) atoms. The molecule has 0 fully saturated rings. The SMILES string of the molecule is Nc1c(C=O)ccc(-c2ccccc2)c1-c1cncs1. The zero-order valence-electron chi connectivity index (χ0n) is 10.6. The molecule has 0 radical (unpaired) electrons. The average molecular weight is 280 g/mol. The van der Waals surface area contributed by atoms with E-state index >= 15 is 0 Å². The zero-order chi connectivity index (χ0) is 13.9. The third kappa shape index (κ3) is 2.10. The second kappa shape index (κ2) is 5.27. The van der Waals surface area contributed by atoms with Gasteiger partial charge in [0.05, 0.1) is 16.1 Å². The number of hydrogen-bond acceptors (Lipinski definition) is 4. The molecule has 98 valence electrons. The summed E-state index contributed by atoms with van der Waals surface area (Å²) >= 11 is 1.51. The normalized spacial score (nSPS) is 10.4. The van der Waals surface area contributed by atoms with Crippen LogP contribution >= 0.6 is 11.3 Å². The van der Waals surface area contributed by atoms with E-state index < -0.39 is 0 Å². The van der Waals surface area contributed by atoms with Gasteiger partial charge in [-0.3, -0.25) is 9.78 Å². The van der Waals surface area contributed by atoms with Gasteiger partial charge in [0, 0.05) is 17.3 Å². The van der Waals surface area contributed by atoms with Crippen LogP contribution in [0.25, 0.3) is 21.6 Å². The first-order valence-electron chi connectivity index (χ1n) is 6.13. The summed E-state index contributed by atoms with van der Waals surface area (Å²) < 4.78 is 0. The molecule has 2 N–H and O–H groups in total. The molecule has 0 saturated carbocycles. The molecular weight excluding hydrogens is 268 g/mol. The van der Waals surface area contributed by atoms with Crippen LogP contribution in [0.3, 0.4) is 0 Å². The van der Waals surface area contributed by atoms with Crippen molar-refractivity contribution in [2.24, 2.45) is 0 Å². The number of aldehydes is 1. The number of benzene rings is 2. The molecule has 3 aromatic rings. The molecule has 1 heterocycles. The van der Waals surface area contributed by atoms with Crippen LogP contribution in [0.15, 0.2) is 54.2 Å². The van der Waals surface area contributed by atoms with E-state index in [1.165, 1.54) is 11.3 Å². The lowest BCUT2D eigenvalue weighted by Crippen LogP contribution is -1.98. The van der Waals surface area contributed by atoms with Gasteiger partial charge in [-0.15, -0.1) is 11.3 Å². The Hall–Kier alpha value is -2.46. The average Bonchev–Trinajstić information content (AvgIpc) is 3.01. The summed E-state index contributed by atoms with van der Waals surface area (Å²) in [6.45, 7) is 0. The zero-order valence-corrected chi connectivity index (χ0v) is 11.4. The Kier molecular flexibility index (Phi) is 3.31. The minimum atomic E-state index is 0.505. The highest BCUT2D eigenvalue weighted by atomic mass is 32.1. The molecule has 0 saturated heterocycles. The highest BCUT2D eigenvalue weighted by Crippen LogP contribution is 2.39. The van der Waals surface area contributed by atoms with E-state index in [0.717, 1.165) is 27.9 Å². The van der Waals surface area contributed by atoms with Crippen molar-refractivity contribution in [3.63, 3.8) is 0 Å². The largest absolute Gasteiger partial charge is 0.398 e. The first-order valence-corrected chi connectivity index (χ1v) is 7.01. The lowest BCUT2D eigenvalue weighted by molar-refractivity contribution is 0.112. The highest BCUT2D eigenvalue weighted by Gasteiger charge is 2.15. The van der Waals surface area contributed by atoms with Gasteiger partial charge in [-0.05, 0) is 17.2 Å². The van der Waals surface area contributed by atoms with Crippen molar-refractivity contribution >= 4 is 23.3 Å². The molecule has 0 bridgehead atoms. The Morgan fingerprint density at radius 3 is 2.55 bits per heavy atom. The van der Waals surface area contributed by atoms with Gasteiger partial charge in [0.25, 0.3) is 0 Å². The number of nitrogen functional groups attached to an aromatic ring is 1. The molecular formula is C16H12N2OS. The summed E-state index contributed by atoms with van der Waals surface area (Å²) in [6, 6.07) is 13.7. The van der Waals surface area contributed by atoms with Gasteiger partial charge in [0.2, 0.25) is 0 Å². The minimum absolute atomic E-state index is 0.505. The summed E-state index contributed by atoms with van der Waals surface area (Å²) in [5, 5.41) is 0. The number of anilines is 1. The Bertz CT molecular complexity index is 737. The van der Waals surface area contributed by atoms with E-state index in [9.17, 15) is 4.79 Å². The van der Waals surface area contributed by atoms with Crippen molar-refractivity contribution in [2.45, 2.75) is 0 Å². The van der Waals surface area contributed by atoms with E-state index in [0.29, 0.717) is 11.3 Å². The van der Waals surface area contributed by atoms with Gasteiger partial charge in [-0.25, -0.2) is 0 Å². The van der Waals surface area contributed by atoms with Gasteiger partial charge in [0.1, 0.15) is 0 Å². The van der Waals surface area contributed by atoms with E-state index in [-0.39, 0.29) is 0 Å². The Labute approximate surface area is 120 Å². The maximum absolute atomic E-state index is 11.1. The van der Waals surface area contributed by atoms with Gasteiger partial charge in [-0.2, -0.15) is 0 Å².